The third kappa shape index (κ3) is 3.19. The topological polar surface area (TPSA) is 75.4 Å². The van der Waals surface area contributed by atoms with Gasteiger partial charge in [-0.15, -0.1) is 0 Å². The number of nitrogens with one attached hydrogen (secondary N) is 1. The lowest BCUT2D eigenvalue weighted by atomic mass is 10.1. The first-order chi connectivity index (χ1) is 10.8. The molecule has 0 aliphatic heterocycles. The molecule has 0 bridgehead atoms. The smallest absolute Gasteiger partial charge is 0.274 e. The summed E-state index contributed by atoms with van der Waals surface area (Å²) >= 11 is 0. The molecular weight excluding hydrogens is 320 g/mol. The van der Waals surface area contributed by atoms with Crippen molar-refractivity contribution in [3.63, 3.8) is 0 Å². The number of oxazole rings is 1. The number of benzene rings is 1. The van der Waals surface area contributed by atoms with Crippen LogP contribution in [0.4, 0.5) is 17.6 Å². The van der Waals surface area contributed by atoms with E-state index in [0.29, 0.717) is 6.07 Å². The summed E-state index contributed by atoms with van der Waals surface area (Å²) in [4.78, 5) is 15.8. The summed E-state index contributed by atoms with van der Waals surface area (Å²) in [6, 6.07) is -0.265. The van der Waals surface area contributed by atoms with E-state index >= 15 is 0 Å². The van der Waals surface area contributed by atoms with Crippen LogP contribution in [-0.2, 0) is 0 Å². The van der Waals surface area contributed by atoms with Crippen LogP contribution < -0.4 is 5.32 Å². The lowest BCUT2D eigenvalue weighted by Crippen LogP contribution is -2.35. The van der Waals surface area contributed by atoms with E-state index in [1.54, 1.807) is 0 Å². The summed E-state index contributed by atoms with van der Waals surface area (Å²) in [5.74, 6) is -8.78. The quantitative estimate of drug-likeness (QED) is 0.512. The Morgan fingerprint density at radius 3 is 2.57 bits per heavy atom. The van der Waals surface area contributed by atoms with E-state index in [4.69, 9.17) is 9.52 Å². The molecule has 0 saturated carbocycles. The second-order valence-electron chi connectivity index (χ2n) is 4.82. The fraction of sp³-hybridized carbons (Fsp3) is 0.286. The number of halogens is 4. The molecule has 0 unspecified atom stereocenters. The van der Waals surface area contributed by atoms with Gasteiger partial charge in [-0.25, -0.2) is 22.5 Å². The van der Waals surface area contributed by atoms with Crippen LogP contribution >= 0.6 is 0 Å². The average Bonchev–Trinajstić information content (AvgIpc) is 2.90. The molecule has 1 aromatic carbocycles. The van der Waals surface area contributed by atoms with Crippen LogP contribution in [-0.4, -0.2) is 28.6 Å². The zero-order valence-electron chi connectivity index (χ0n) is 12.1. The number of aliphatic hydroxyl groups excluding tert-OH is 1. The molecule has 5 nitrogen and oxygen atoms in total. The predicted molar refractivity (Wildman–Crippen MR) is 70.5 cm³/mol. The van der Waals surface area contributed by atoms with Crippen LogP contribution in [0, 0.1) is 30.2 Å². The van der Waals surface area contributed by atoms with Crippen molar-refractivity contribution >= 4 is 5.91 Å². The Labute approximate surface area is 127 Å². The molecule has 0 saturated heterocycles. The lowest BCUT2D eigenvalue weighted by Gasteiger charge is -2.10. The van der Waals surface area contributed by atoms with Crippen molar-refractivity contribution in [2.24, 2.45) is 0 Å². The monoisotopic (exact) mass is 332 g/mol. The van der Waals surface area contributed by atoms with E-state index in [1.165, 1.54) is 13.8 Å². The molecule has 1 aromatic heterocycles. The molecule has 1 atom stereocenters. The number of hydrogen-bond acceptors (Lipinski definition) is 4. The highest BCUT2D eigenvalue weighted by molar-refractivity contribution is 5.98. The molecule has 2 aromatic rings. The van der Waals surface area contributed by atoms with E-state index < -0.39 is 52.2 Å². The fourth-order valence-corrected chi connectivity index (χ4v) is 1.84. The van der Waals surface area contributed by atoms with E-state index in [1.807, 2.05) is 0 Å². The van der Waals surface area contributed by atoms with Gasteiger partial charge < -0.3 is 14.8 Å². The second-order valence-corrected chi connectivity index (χ2v) is 4.82. The van der Waals surface area contributed by atoms with Crippen LogP contribution in [0.1, 0.15) is 23.3 Å². The number of hydrogen-bond donors (Lipinski definition) is 2. The molecule has 0 spiro atoms. The minimum Gasteiger partial charge on any atom is -0.440 e. The highest BCUT2D eigenvalue weighted by Crippen LogP contribution is 2.31. The van der Waals surface area contributed by atoms with Crippen molar-refractivity contribution in [3.8, 4) is 11.3 Å². The Morgan fingerprint density at radius 2 is 1.96 bits per heavy atom. The summed E-state index contributed by atoms with van der Waals surface area (Å²) in [5, 5.41) is 11.2. The maximum Gasteiger partial charge on any atom is 0.274 e. The van der Waals surface area contributed by atoms with Gasteiger partial charge in [0.2, 0.25) is 0 Å². The number of aliphatic hydroxyl groups is 1. The molecule has 2 N–H and O–H groups in total. The van der Waals surface area contributed by atoms with Gasteiger partial charge in [-0.3, -0.25) is 4.79 Å². The Bertz CT molecular complexity index is 761. The van der Waals surface area contributed by atoms with Crippen molar-refractivity contribution in [1.82, 2.24) is 10.3 Å². The zero-order chi connectivity index (χ0) is 17.3. The molecule has 9 heteroatoms. The van der Waals surface area contributed by atoms with Gasteiger partial charge in [0.25, 0.3) is 5.91 Å². The molecule has 0 aliphatic carbocycles. The summed E-state index contributed by atoms with van der Waals surface area (Å²) in [6.45, 7) is 2.46. The summed E-state index contributed by atoms with van der Waals surface area (Å²) in [5.41, 5.74) is -1.21. The summed E-state index contributed by atoms with van der Waals surface area (Å²) < 4.78 is 58.6. The molecule has 23 heavy (non-hydrogen) atoms. The van der Waals surface area contributed by atoms with Crippen molar-refractivity contribution in [2.75, 3.05) is 6.61 Å². The molecule has 124 valence electrons. The maximum absolute atomic E-state index is 13.9. The predicted octanol–water partition coefficient (Wildman–Crippen LogP) is 2.32. The van der Waals surface area contributed by atoms with Crippen molar-refractivity contribution in [1.29, 1.82) is 0 Å². The molecule has 2 rings (SSSR count). The molecule has 1 amide bonds. The van der Waals surface area contributed by atoms with Gasteiger partial charge in [0.15, 0.2) is 40.6 Å². The first kappa shape index (κ1) is 16.9. The summed E-state index contributed by atoms with van der Waals surface area (Å²) in [7, 11) is 0. The molecule has 1 heterocycles. The van der Waals surface area contributed by atoms with Crippen LogP contribution in [0.25, 0.3) is 11.3 Å². The Kier molecular flexibility index (Phi) is 4.69. The average molecular weight is 332 g/mol. The number of carbonyl (C=O) groups is 1. The Morgan fingerprint density at radius 1 is 1.30 bits per heavy atom. The number of aromatic nitrogens is 1. The standard InChI is InChI=1S/C14H12F4N2O3/c1-5(4-21)19-14(22)12-13(23-6(2)20-12)7-3-8(15)10(17)11(18)9(7)16/h3,5,21H,4H2,1-2H3,(H,19,22)/t5-/m0/s1. The number of nitrogens with zero attached hydrogens (tertiary/aromatic N) is 1. The summed E-state index contributed by atoms with van der Waals surface area (Å²) in [6.07, 6.45) is 0. The lowest BCUT2D eigenvalue weighted by molar-refractivity contribution is 0.0918. The number of rotatable bonds is 4. The van der Waals surface area contributed by atoms with Gasteiger partial charge in [-0.05, 0) is 13.0 Å². The van der Waals surface area contributed by atoms with E-state index in [0.717, 1.165) is 0 Å². The first-order valence-corrected chi connectivity index (χ1v) is 6.48. The van der Waals surface area contributed by atoms with Crippen molar-refractivity contribution in [2.45, 2.75) is 19.9 Å². The molecule has 0 fully saturated rings. The first-order valence-electron chi connectivity index (χ1n) is 6.48. The van der Waals surface area contributed by atoms with Gasteiger partial charge >= 0.3 is 0 Å². The SMILES string of the molecule is Cc1nc(C(=O)N[C@@H](C)CO)c(-c2cc(F)c(F)c(F)c2F)o1. The third-order valence-electron chi connectivity index (χ3n) is 2.95. The molecule has 0 radical (unpaired) electrons. The molecular formula is C14H12F4N2O3. The van der Waals surface area contributed by atoms with Gasteiger partial charge in [0, 0.05) is 13.0 Å². The Hall–Kier alpha value is -2.42. The maximum atomic E-state index is 13.9. The zero-order valence-corrected chi connectivity index (χ0v) is 12.1. The molecule has 0 aliphatic rings. The minimum absolute atomic E-state index is 0.0636. The largest absolute Gasteiger partial charge is 0.440 e. The van der Waals surface area contributed by atoms with Crippen LogP contribution in [0.3, 0.4) is 0 Å². The van der Waals surface area contributed by atoms with E-state index in [-0.39, 0.29) is 12.5 Å². The van der Waals surface area contributed by atoms with Crippen LogP contribution in [0.15, 0.2) is 10.5 Å². The highest BCUT2D eigenvalue weighted by Gasteiger charge is 2.27. The van der Waals surface area contributed by atoms with Crippen molar-refractivity contribution < 1.29 is 31.9 Å². The third-order valence-corrected chi connectivity index (χ3v) is 2.95. The second kappa shape index (κ2) is 6.37. The van der Waals surface area contributed by atoms with Gasteiger partial charge in [-0.1, -0.05) is 0 Å². The fourth-order valence-electron chi connectivity index (χ4n) is 1.84. The number of carbonyl (C=O) groups excluding carboxylic acids is 1. The van der Waals surface area contributed by atoms with Crippen LogP contribution in [0.2, 0.25) is 0 Å². The van der Waals surface area contributed by atoms with Crippen molar-refractivity contribution in [3.05, 3.63) is 40.9 Å². The normalized spacial score (nSPS) is 12.3. The number of aryl methyl sites for hydroxylation is 1. The van der Waals surface area contributed by atoms with Gasteiger partial charge in [0.05, 0.1) is 12.2 Å². The highest BCUT2D eigenvalue weighted by atomic mass is 19.2. The van der Waals surface area contributed by atoms with Gasteiger partial charge in [-0.2, -0.15) is 0 Å². The van der Waals surface area contributed by atoms with E-state index in [2.05, 4.69) is 10.3 Å². The number of amides is 1. The van der Waals surface area contributed by atoms with Crippen LogP contribution in [0.5, 0.6) is 0 Å². The van der Waals surface area contributed by atoms with Gasteiger partial charge in [0.1, 0.15) is 0 Å². The minimum atomic E-state index is -2.02. The Balaban J connectivity index is 2.56. The van der Waals surface area contributed by atoms with E-state index in [9.17, 15) is 22.4 Å².